The summed E-state index contributed by atoms with van der Waals surface area (Å²) in [5.74, 6) is 4.47. The zero-order valence-electron chi connectivity index (χ0n) is 9.95. The minimum atomic E-state index is -4.58. The normalized spacial score (nSPS) is 11.9. The van der Waals surface area contributed by atoms with Crippen LogP contribution in [0.4, 0.5) is 19.0 Å². The van der Waals surface area contributed by atoms with Gasteiger partial charge in [0.15, 0.2) is 0 Å². The molecule has 0 unspecified atom stereocenters. The Labute approximate surface area is 107 Å². The van der Waals surface area contributed by atoms with E-state index in [1.165, 1.54) is 17.8 Å². The predicted octanol–water partition coefficient (Wildman–Crippen LogP) is 1.43. The van der Waals surface area contributed by atoms with Crippen molar-refractivity contribution in [2.45, 2.75) is 11.2 Å². The van der Waals surface area contributed by atoms with Gasteiger partial charge in [0.25, 0.3) is 0 Å². The van der Waals surface area contributed by atoms with Crippen LogP contribution in [0.1, 0.15) is 5.82 Å². The van der Waals surface area contributed by atoms with Crippen molar-refractivity contribution in [2.24, 2.45) is 5.84 Å². The van der Waals surface area contributed by atoms with E-state index in [0.717, 1.165) is 6.54 Å². The lowest BCUT2D eigenvalue weighted by Gasteiger charge is -2.11. The SMILES string of the molecule is CN(C)CCSc1cc(NN)nc(C(F)(F)F)n1. The molecule has 1 aromatic heterocycles. The van der Waals surface area contributed by atoms with E-state index in [0.29, 0.717) is 5.75 Å². The van der Waals surface area contributed by atoms with Gasteiger partial charge in [-0.1, -0.05) is 0 Å². The second kappa shape index (κ2) is 6.21. The van der Waals surface area contributed by atoms with Crippen LogP contribution >= 0.6 is 11.8 Å². The Morgan fingerprint density at radius 2 is 2.06 bits per heavy atom. The minimum Gasteiger partial charge on any atom is -0.309 e. The van der Waals surface area contributed by atoms with Crippen molar-refractivity contribution in [3.8, 4) is 0 Å². The molecule has 0 aliphatic rings. The van der Waals surface area contributed by atoms with E-state index in [4.69, 9.17) is 5.84 Å². The Morgan fingerprint density at radius 3 is 2.56 bits per heavy atom. The molecule has 0 fully saturated rings. The molecule has 0 spiro atoms. The van der Waals surface area contributed by atoms with Crippen LogP contribution in [0.5, 0.6) is 0 Å². The highest BCUT2D eigenvalue weighted by molar-refractivity contribution is 7.99. The first-order valence-corrected chi connectivity index (χ1v) is 6.02. The summed E-state index contributed by atoms with van der Waals surface area (Å²) >= 11 is 1.22. The van der Waals surface area contributed by atoms with E-state index >= 15 is 0 Å². The van der Waals surface area contributed by atoms with E-state index in [9.17, 15) is 13.2 Å². The Balaban J connectivity index is 2.84. The number of hydrogen-bond acceptors (Lipinski definition) is 6. The Morgan fingerprint density at radius 1 is 1.39 bits per heavy atom. The van der Waals surface area contributed by atoms with Crippen LogP contribution in [-0.2, 0) is 6.18 Å². The zero-order chi connectivity index (χ0) is 13.8. The van der Waals surface area contributed by atoms with Gasteiger partial charge in [0.1, 0.15) is 10.8 Å². The molecular weight excluding hydrogens is 267 g/mol. The molecule has 0 saturated heterocycles. The Hall–Kier alpha value is -1.06. The summed E-state index contributed by atoms with van der Waals surface area (Å²) in [6.07, 6.45) is -4.58. The lowest BCUT2D eigenvalue weighted by Crippen LogP contribution is -2.17. The monoisotopic (exact) mass is 281 g/mol. The molecule has 0 amide bonds. The summed E-state index contributed by atoms with van der Waals surface area (Å²) in [6.45, 7) is 0.738. The Bertz CT molecular complexity index is 396. The van der Waals surface area contributed by atoms with Gasteiger partial charge in [-0.2, -0.15) is 13.2 Å². The van der Waals surface area contributed by atoms with Gasteiger partial charge in [-0.15, -0.1) is 11.8 Å². The van der Waals surface area contributed by atoms with Crippen LogP contribution in [-0.4, -0.2) is 41.3 Å². The van der Waals surface area contributed by atoms with Crippen molar-refractivity contribution in [3.05, 3.63) is 11.9 Å². The van der Waals surface area contributed by atoms with Crippen LogP contribution in [0.15, 0.2) is 11.1 Å². The summed E-state index contributed by atoms with van der Waals surface area (Å²) in [7, 11) is 3.77. The predicted molar refractivity (Wildman–Crippen MR) is 64.1 cm³/mol. The highest BCUT2D eigenvalue weighted by Gasteiger charge is 2.35. The maximum Gasteiger partial charge on any atom is 0.451 e. The number of rotatable bonds is 5. The second-order valence-corrected chi connectivity index (χ2v) is 4.82. The van der Waals surface area contributed by atoms with Crippen molar-refractivity contribution in [1.82, 2.24) is 14.9 Å². The molecule has 1 rings (SSSR count). The molecule has 0 aliphatic carbocycles. The quantitative estimate of drug-likeness (QED) is 0.368. The first kappa shape index (κ1) is 15.0. The van der Waals surface area contributed by atoms with Gasteiger partial charge in [-0.05, 0) is 14.1 Å². The molecule has 18 heavy (non-hydrogen) atoms. The average Bonchev–Trinajstić information content (AvgIpc) is 2.27. The number of nitrogens with two attached hydrogens (primary N) is 1. The molecule has 0 radical (unpaired) electrons. The van der Waals surface area contributed by atoms with Crippen LogP contribution in [0.2, 0.25) is 0 Å². The number of nitrogens with zero attached hydrogens (tertiary/aromatic N) is 3. The molecule has 0 bridgehead atoms. The molecule has 5 nitrogen and oxygen atoms in total. The summed E-state index contributed by atoms with van der Waals surface area (Å²) in [5, 5.41) is 0.243. The van der Waals surface area contributed by atoms with Crippen molar-refractivity contribution < 1.29 is 13.2 Å². The van der Waals surface area contributed by atoms with Crippen molar-refractivity contribution in [1.29, 1.82) is 0 Å². The molecule has 0 atom stereocenters. The highest BCUT2D eigenvalue weighted by atomic mass is 32.2. The molecule has 9 heteroatoms. The van der Waals surface area contributed by atoms with E-state index in [2.05, 4.69) is 15.4 Å². The van der Waals surface area contributed by atoms with Gasteiger partial charge in [0.05, 0.1) is 0 Å². The fourth-order valence-corrected chi connectivity index (χ4v) is 2.04. The molecule has 0 aliphatic heterocycles. The van der Waals surface area contributed by atoms with Crippen molar-refractivity contribution >= 4 is 17.6 Å². The number of hydrogen-bond donors (Lipinski definition) is 2. The van der Waals surface area contributed by atoms with Crippen molar-refractivity contribution in [3.63, 3.8) is 0 Å². The van der Waals surface area contributed by atoms with Gasteiger partial charge in [-0.25, -0.2) is 15.8 Å². The third-order valence-electron chi connectivity index (χ3n) is 1.89. The lowest BCUT2D eigenvalue weighted by molar-refractivity contribution is -0.145. The molecule has 102 valence electrons. The van der Waals surface area contributed by atoms with E-state index in [-0.39, 0.29) is 10.8 Å². The number of thioether (sulfide) groups is 1. The van der Waals surface area contributed by atoms with Gasteiger partial charge < -0.3 is 10.3 Å². The number of nitrogens with one attached hydrogen (secondary N) is 1. The molecule has 0 aromatic carbocycles. The van der Waals surface area contributed by atoms with Gasteiger partial charge in [0.2, 0.25) is 5.82 Å². The molecule has 3 N–H and O–H groups in total. The highest BCUT2D eigenvalue weighted by Crippen LogP contribution is 2.29. The lowest BCUT2D eigenvalue weighted by atomic mass is 10.5. The molecule has 0 saturated carbocycles. The first-order valence-electron chi connectivity index (χ1n) is 5.03. The number of aromatic nitrogens is 2. The second-order valence-electron chi connectivity index (χ2n) is 3.71. The third kappa shape index (κ3) is 4.67. The molecule has 1 heterocycles. The van der Waals surface area contributed by atoms with Crippen molar-refractivity contribution in [2.75, 3.05) is 31.8 Å². The van der Waals surface area contributed by atoms with Gasteiger partial charge >= 0.3 is 6.18 Å². The number of anilines is 1. The van der Waals surface area contributed by atoms with Crippen LogP contribution < -0.4 is 11.3 Å². The third-order valence-corrected chi connectivity index (χ3v) is 2.78. The molecule has 1 aromatic rings. The van der Waals surface area contributed by atoms with E-state index in [1.807, 2.05) is 19.0 Å². The minimum absolute atomic E-state index is 0.0512. The Kier molecular flexibility index (Phi) is 5.17. The van der Waals surface area contributed by atoms with E-state index < -0.39 is 12.0 Å². The largest absolute Gasteiger partial charge is 0.451 e. The summed E-state index contributed by atoms with van der Waals surface area (Å²) < 4.78 is 37.6. The summed E-state index contributed by atoms with van der Waals surface area (Å²) in [4.78, 5) is 8.66. The smallest absolute Gasteiger partial charge is 0.309 e. The number of alkyl halides is 3. The fraction of sp³-hybridized carbons (Fsp3) is 0.556. The summed E-state index contributed by atoms with van der Waals surface area (Å²) in [6, 6.07) is 1.38. The number of nitrogen functional groups attached to an aromatic ring is 1. The topological polar surface area (TPSA) is 67.1 Å². The van der Waals surface area contributed by atoms with E-state index in [1.54, 1.807) is 0 Å². The summed E-state index contributed by atoms with van der Waals surface area (Å²) in [5.41, 5.74) is 2.10. The maximum absolute atomic E-state index is 12.5. The van der Waals surface area contributed by atoms with Crippen LogP contribution in [0.25, 0.3) is 0 Å². The number of hydrazine groups is 1. The fourth-order valence-electron chi connectivity index (χ4n) is 1.03. The van der Waals surface area contributed by atoms with Gasteiger partial charge in [-0.3, -0.25) is 0 Å². The zero-order valence-corrected chi connectivity index (χ0v) is 10.8. The van der Waals surface area contributed by atoms with Gasteiger partial charge in [0, 0.05) is 18.4 Å². The average molecular weight is 281 g/mol. The van der Waals surface area contributed by atoms with Crippen LogP contribution in [0, 0.1) is 0 Å². The maximum atomic E-state index is 12.5. The number of halogens is 3. The standard InChI is InChI=1S/C9H14F3N5S/c1-17(2)3-4-18-7-5-6(16-13)14-8(15-7)9(10,11)12/h5H,3-4,13H2,1-2H3,(H,14,15,16). The first-order chi connectivity index (χ1) is 8.32. The molecular formula is C9H14F3N5S. The van der Waals surface area contributed by atoms with Crippen LogP contribution in [0.3, 0.4) is 0 Å².